The molecule has 0 amide bonds. The van der Waals surface area contributed by atoms with Gasteiger partial charge in [-0.2, -0.15) is 0 Å². The predicted octanol–water partition coefficient (Wildman–Crippen LogP) is 7.89. The lowest BCUT2D eigenvalue weighted by atomic mass is 9.81. The zero-order valence-corrected chi connectivity index (χ0v) is 19.5. The van der Waals surface area contributed by atoms with E-state index in [0.717, 1.165) is 22.6 Å². The molecule has 0 unspecified atom stereocenters. The maximum atomic E-state index is 4.69. The number of hydrogen-bond acceptors (Lipinski definition) is 2. The van der Waals surface area contributed by atoms with Gasteiger partial charge in [0.05, 0.1) is 17.1 Å². The molecule has 0 atom stereocenters. The second-order valence-electron chi connectivity index (χ2n) is 9.65. The van der Waals surface area contributed by atoms with E-state index in [4.69, 9.17) is 0 Å². The summed E-state index contributed by atoms with van der Waals surface area (Å²) < 4.78 is 0. The fraction of sp³-hybridized carbons (Fsp3) is 0.161. The highest BCUT2D eigenvalue weighted by Crippen LogP contribution is 2.50. The summed E-state index contributed by atoms with van der Waals surface area (Å²) in [6.45, 7) is 8.69. The Balaban J connectivity index is 1.46. The van der Waals surface area contributed by atoms with Crippen molar-refractivity contribution in [3.8, 4) is 33.5 Å². The van der Waals surface area contributed by atoms with E-state index in [-0.39, 0.29) is 5.41 Å². The number of benzene rings is 4. The maximum Gasteiger partial charge on any atom is 0.0914 e. The van der Waals surface area contributed by atoms with Gasteiger partial charge in [0.25, 0.3) is 0 Å². The molecule has 1 aliphatic rings. The summed E-state index contributed by atoms with van der Waals surface area (Å²) in [5.74, 6) is 0. The number of aromatic nitrogens is 2. The molecule has 0 spiro atoms. The largest absolute Gasteiger partial charge is 0.255 e. The van der Waals surface area contributed by atoms with Crippen LogP contribution < -0.4 is 0 Å². The molecule has 5 aromatic rings. The van der Waals surface area contributed by atoms with Crippen molar-refractivity contribution in [1.82, 2.24) is 9.97 Å². The Hall–Kier alpha value is -3.78. The number of nitrogens with zero attached hydrogens (tertiary/aromatic N) is 2. The second-order valence-corrected chi connectivity index (χ2v) is 9.65. The van der Waals surface area contributed by atoms with E-state index in [2.05, 4.69) is 103 Å². The van der Waals surface area contributed by atoms with E-state index in [1.54, 1.807) is 0 Å². The normalized spacial score (nSPS) is 13.7. The zero-order valence-electron chi connectivity index (χ0n) is 19.5. The fourth-order valence-electron chi connectivity index (χ4n) is 5.31. The number of aryl methyl sites for hydroxylation is 2. The first-order chi connectivity index (χ1) is 15.9. The number of rotatable bonds is 2. The van der Waals surface area contributed by atoms with Crippen LogP contribution in [0.5, 0.6) is 0 Å². The summed E-state index contributed by atoms with van der Waals surface area (Å²) in [6.07, 6.45) is 1.85. The first-order valence-corrected chi connectivity index (χ1v) is 11.5. The summed E-state index contributed by atoms with van der Waals surface area (Å²) in [5, 5.41) is 2.55. The number of hydrogen-bond donors (Lipinski definition) is 0. The molecular weight excluding hydrogens is 400 g/mol. The molecule has 6 rings (SSSR count). The Kier molecular flexibility index (Phi) is 4.28. The predicted molar refractivity (Wildman–Crippen MR) is 137 cm³/mol. The van der Waals surface area contributed by atoms with E-state index < -0.39 is 0 Å². The Labute approximate surface area is 195 Å². The van der Waals surface area contributed by atoms with Crippen molar-refractivity contribution < 1.29 is 0 Å². The molecule has 2 nitrogen and oxygen atoms in total. The van der Waals surface area contributed by atoms with Gasteiger partial charge in [-0.3, -0.25) is 9.97 Å². The van der Waals surface area contributed by atoms with Crippen molar-refractivity contribution in [2.24, 2.45) is 0 Å². The molecule has 160 valence electrons. The van der Waals surface area contributed by atoms with Gasteiger partial charge in [-0.15, -0.1) is 0 Å². The molecule has 0 saturated carbocycles. The fourth-order valence-corrected chi connectivity index (χ4v) is 5.31. The first-order valence-electron chi connectivity index (χ1n) is 11.5. The summed E-state index contributed by atoms with van der Waals surface area (Å²) in [6, 6.07) is 29.0. The average Bonchev–Trinajstić information content (AvgIpc) is 3.05. The van der Waals surface area contributed by atoms with Crippen molar-refractivity contribution in [3.63, 3.8) is 0 Å². The quantitative estimate of drug-likeness (QED) is 0.287. The van der Waals surface area contributed by atoms with Gasteiger partial charge >= 0.3 is 0 Å². The molecule has 0 radical (unpaired) electrons. The Morgan fingerprint density at radius 2 is 1.24 bits per heavy atom. The van der Waals surface area contributed by atoms with Crippen LogP contribution in [-0.4, -0.2) is 9.97 Å². The van der Waals surface area contributed by atoms with Crippen LogP contribution in [0.3, 0.4) is 0 Å². The van der Waals surface area contributed by atoms with Crippen LogP contribution in [-0.2, 0) is 5.41 Å². The minimum absolute atomic E-state index is 0.0838. The van der Waals surface area contributed by atoms with Gasteiger partial charge < -0.3 is 0 Å². The van der Waals surface area contributed by atoms with Crippen molar-refractivity contribution in [3.05, 3.63) is 108 Å². The van der Waals surface area contributed by atoms with E-state index >= 15 is 0 Å². The molecule has 0 saturated heterocycles. The molecule has 1 aliphatic carbocycles. The van der Waals surface area contributed by atoms with Gasteiger partial charge in [0.2, 0.25) is 0 Å². The van der Waals surface area contributed by atoms with E-state index in [0.29, 0.717) is 0 Å². The smallest absolute Gasteiger partial charge is 0.0914 e. The Morgan fingerprint density at radius 1 is 0.636 bits per heavy atom. The molecular formula is C31H26N2. The van der Waals surface area contributed by atoms with Crippen molar-refractivity contribution >= 4 is 10.8 Å². The van der Waals surface area contributed by atoms with E-state index in [1.165, 1.54) is 44.2 Å². The van der Waals surface area contributed by atoms with Crippen LogP contribution >= 0.6 is 0 Å². The SMILES string of the molecule is Cc1cnc(-c2ccc3c(c2)C(C)(C)c2cc(-c4ccc5ccccc5c4)ccc2-3)c(C)n1. The maximum absolute atomic E-state index is 4.69. The van der Waals surface area contributed by atoms with Crippen molar-refractivity contribution in [2.45, 2.75) is 33.1 Å². The van der Waals surface area contributed by atoms with Crippen molar-refractivity contribution in [2.75, 3.05) is 0 Å². The summed E-state index contributed by atoms with van der Waals surface area (Å²) in [7, 11) is 0. The Bertz CT molecular complexity index is 1560. The minimum atomic E-state index is -0.0838. The lowest BCUT2D eigenvalue weighted by Crippen LogP contribution is -2.15. The minimum Gasteiger partial charge on any atom is -0.255 e. The Morgan fingerprint density at radius 3 is 1.97 bits per heavy atom. The zero-order chi connectivity index (χ0) is 22.7. The van der Waals surface area contributed by atoms with Crippen LogP contribution in [0.2, 0.25) is 0 Å². The first kappa shape index (κ1) is 19.9. The molecule has 1 aromatic heterocycles. The van der Waals surface area contributed by atoms with Crippen LogP contribution in [0.15, 0.2) is 85.1 Å². The summed E-state index contributed by atoms with van der Waals surface area (Å²) >= 11 is 0. The van der Waals surface area contributed by atoms with Gasteiger partial charge in [0.15, 0.2) is 0 Å². The average molecular weight is 427 g/mol. The highest BCUT2D eigenvalue weighted by molar-refractivity contribution is 5.89. The van der Waals surface area contributed by atoms with Gasteiger partial charge in [0.1, 0.15) is 0 Å². The number of fused-ring (bicyclic) bond motifs is 4. The molecule has 0 aliphatic heterocycles. The van der Waals surface area contributed by atoms with E-state index in [9.17, 15) is 0 Å². The van der Waals surface area contributed by atoms with Gasteiger partial charge in [-0.25, -0.2) is 0 Å². The highest BCUT2D eigenvalue weighted by Gasteiger charge is 2.36. The molecule has 0 bridgehead atoms. The molecule has 0 N–H and O–H groups in total. The molecule has 2 heteroatoms. The van der Waals surface area contributed by atoms with Crippen LogP contribution in [0.25, 0.3) is 44.3 Å². The molecule has 0 fully saturated rings. The lowest BCUT2D eigenvalue weighted by molar-refractivity contribution is 0.661. The summed E-state index contributed by atoms with van der Waals surface area (Å²) in [4.78, 5) is 9.31. The lowest BCUT2D eigenvalue weighted by Gasteiger charge is -2.22. The van der Waals surface area contributed by atoms with E-state index in [1.807, 2.05) is 20.0 Å². The van der Waals surface area contributed by atoms with Gasteiger partial charge in [-0.05, 0) is 76.2 Å². The topological polar surface area (TPSA) is 25.8 Å². The van der Waals surface area contributed by atoms with Gasteiger partial charge in [-0.1, -0.05) is 74.5 Å². The third-order valence-corrected chi connectivity index (χ3v) is 7.10. The van der Waals surface area contributed by atoms with Crippen molar-refractivity contribution in [1.29, 1.82) is 0 Å². The van der Waals surface area contributed by atoms with Crippen LogP contribution in [0.4, 0.5) is 0 Å². The summed E-state index contributed by atoms with van der Waals surface area (Å²) in [5.41, 5.74) is 11.9. The molecule has 33 heavy (non-hydrogen) atoms. The molecule has 4 aromatic carbocycles. The third kappa shape index (κ3) is 3.09. The highest BCUT2D eigenvalue weighted by atomic mass is 14.8. The molecule has 1 heterocycles. The second kappa shape index (κ2) is 7.11. The van der Waals surface area contributed by atoms with Crippen LogP contribution in [0.1, 0.15) is 36.4 Å². The third-order valence-electron chi connectivity index (χ3n) is 7.10. The van der Waals surface area contributed by atoms with Gasteiger partial charge in [0, 0.05) is 17.2 Å². The van der Waals surface area contributed by atoms with Crippen LogP contribution in [0, 0.1) is 13.8 Å². The monoisotopic (exact) mass is 426 g/mol. The standard InChI is InChI=1S/C31H26N2/c1-19-18-32-30(20(2)33-19)25-12-14-27-26-13-11-24(16-28(26)31(3,4)29(27)17-25)23-10-9-21-7-5-6-8-22(21)15-23/h5-18H,1-4H3.